The van der Waals surface area contributed by atoms with Crippen LogP contribution in [0.3, 0.4) is 0 Å². The van der Waals surface area contributed by atoms with E-state index in [1.165, 1.54) is 0 Å². The third-order valence-corrected chi connectivity index (χ3v) is 8.70. The molecular formula is C45H30Cl3N10OPdPt-. The molecule has 0 atom stereocenters. The molecule has 0 amide bonds. The smallest absolute Gasteiger partial charge is 0.164 e. The van der Waals surface area contributed by atoms with Crippen molar-refractivity contribution in [2.24, 2.45) is 20.0 Å². The first kappa shape index (κ1) is 43.3. The van der Waals surface area contributed by atoms with E-state index in [4.69, 9.17) is 30.2 Å². The van der Waals surface area contributed by atoms with Gasteiger partial charge in [-0.3, -0.25) is 16.7 Å². The van der Waals surface area contributed by atoms with E-state index in [1.54, 1.807) is 43.6 Å². The molecule has 0 fully saturated rings. The molecule has 0 saturated heterocycles. The van der Waals surface area contributed by atoms with E-state index >= 15 is 0 Å². The number of pyridine rings is 4. The summed E-state index contributed by atoms with van der Waals surface area (Å²) in [7, 11) is 14.2. The maximum absolute atomic E-state index is 8.35. The molecular weight excluding hydrogens is 1100 g/mol. The number of carbonyl (C=O) groups excluding carboxylic acids is 1. The van der Waals surface area contributed by atoms with E-state index in [0.717, 1.165) is 62.2 Å². The summed E-state index contributed by atoms with van der Waals surface area (Å²) >= 11 is 1.51. The normalized spacial score (nSPS) is 14.0. The zero-order valence-electron chi connectivity index (χ0n) is 32.4. The molecule has 16 heteroatoms. The van der Waals surface area contributed by atoms with Gasteiger partial charge in [0.15, 0.2) is 11.7 Å². The van der Waals surface area contributed by atoms with Crippen LogP contribution in [0, 0.1) is 0 Å². The topological polar surface area (TPSA) is 144 Å². The summed E-state index contributed by atoms with van der Waals surface area (Å²) in [6, 6.07) is 47.6. The summed E-state index contributed by atoms with van der Waals surface area (Å²) in [6.07, 6.45) is 6.92. The van der Waals surface area contributed by atoms with Crippen LogP contribution in [0.2, 0.25) is 0 Å². The molecule has 0 radical (unpaired) electrons. The predicted molar refractivity (Wildman–Crippen MR) is 241 cm³/mol. The van der Waals surface area contributed by atoms with E-state index in [9.17, 15) is 0 Å². The number of halogens is 3. The summed E-state index contributed by atoms with van der Waals surface area (Å²) in [5.74, 6) is 5.23. The molecule has 61 heavy (non-hydrogen) atoms. The average molecular weight is 1140 g/mol. The Hall–Kier alpha value is -5.83. The zero-order chi connectivity index (χ0) is 43.5. The van der Waals surface area contributed by atoms with E-state index in [0.29, 0.717) is 35.0 Å². The van der Waals surface area contributed by atoms with Crippen molar-refractivity contribution in [3.05, 3.63) is 198 Å². The maximum Gasteiger partial charge on any atom is 0.164 e. The van der Waals surface area contributed by atoms with Gasteiger partial charge in [-0.1, -0.05) is 72.8 Å². The second kappa shape index (κ2) is 23.2. The van der Waals surface area contributed by atoms with Gasteiger partial charge in [0.25, 0.3) is 0 Å². The number of anilines is 1. The Morgan fingerprint density at radius 2 is 0.934 bits per heavy atom. The maximum atomic E-state index is 8.35. The van der Waals surface area contributed by atoms with Gasteiger partial charge in [-0.15, -0.1) is 0 Å². The van der Waals surface area contributed by atoms with Crippen molar-refractivity contribution < 1.29 is 40.9 Å². The van der Waals surface area contributed by atoms with Gasteiger partial charge in [0.2, 0.25) is 0 Å². The summed E-state index contributed by atoms with van der Waals surface area (Å²) < 4.78 is 5.40. The minimum atomic E-state index is -0.106. The number of nitrogens with zero attached hydrogens (tertiary/aromatic N) is 9. The fourth-order valence-electron chi connectivity index (χ4n) is 6.17. The zero-order valence-corrected chi connectivity index (χ0v) is 37.5. The van der Waals surface area contributed by atoms with E-state index in [2.05, 4.69) is 103 Å². The van der Waals surface area contributed by atoms with E-state index in [-0.39, 0.29) is 15.9 Å². The number of aromatic nitrogens is 4. The fraction of sp³-hybridized carbons (Fsp3) is 0. The van der Waals surface area contributed by atoms with Crippen LogP contribution in [0.5, 0.6) is 0 Å². The van der Waals surface area contributed by atoms with Crippen molar-refractivity contribution in [3.63, 3.8) is 0 Å². The Morgan fingerprint density at radius 3 is 1.34 bits per heavy atom. The Kier molecular flexibility index (Phi) is 16.5. The van der Waals surface area contributed by atoms with Gasteiger partial charge in [0.1, 0.15) is 11.7 Å². The van der Waals surface area contributed by atoms with Gasteiger partial charge in [-0.05, 0) is 105 Å². The molecule has 10 rings (SSSR count). The van der Waals surface area contributed by atoms with Crippen molar-refractivity contribution in [1.82, 2.24) is 19.9 Å². The van der Waals surface area contributed by atoms with Crippen molar-refractivity contribution in [3.8, 4) is 0 Å². The SMILES string of the molecule is [2H][C-]=O.[Cl][Pd][Cl].[Cl][Pt+].c1ccc(N=C2N=C(Nc3ccccn3)c3cc4ccccc4cc32)nc1.c1ccc(N=C2[N-]C(=Nc3ccccn3)c3cc4ccccc4cc32)nc1. The Balaban J connectivity index is 0.000000178. The van der Waals surface area contributed by atoms with Crippen LogP contribution in [0.1, 0.15) is 23.6 Å². The quantitative estimate of drug-likeness (QED) is 0.106. The molecule has 8 aromatic rings. The van der Waals surface area contributed by atoms with Crippen molar-refractivity contribution in [2.45, 2.75) is 0 Å². The Bertz CT molecular complexity index is 2770. The van der Waals surface area contributed by atoms with Crippen LogP contribution in [-0.2, 0) is 39.5 Å². The van der Waals surface area contributed by atoms with Crippen LogP contribution < -0.4 is 5.32 Å². The van der Waals surface area contributed by atoms with Gasteiger partial charge >= 0.3 is 63.2 Å². The molecule has 4 aromatic heterocycles. The molecule has 0 aliphatic carbocycles. The number of fused-ring (bicyclic) bond motifs is 4. The molecule has 0 spiro atoms. The first-order valence-corrected chi connectivity index (χ1v) is 24.7. The monoisotopic (exact) mass is 1130 g/mol. The fourth-order valence-corrected chi connectivity index (χ4v) is 6.17. The average Bonchev–Trinajstić information content (AvgIpc) is 3.82. The molecule has 1 N–H and O–H groups in total. The van der Waals surface area contributed by atoms with Crippen LogP contribution in [0.15, 0.2) is 190 Å². The number of nitrogens with one attached hydrogen (secondary N) is 1. The van der Waals surface area contributed by atoms with E-state index < -0.39 is 0 Å². The molecule has 0 unspecified atom stereocenters. The Labute approximate surface area is 384 Å². The molecule has 0 saturated carbocycles. The van der Waals surface area contributed by atoms with Gasteiger partial charge in [0.05, 0.1) is 11.6 Å². The number of amidine groups is 4. The number of benzene rings is 4. The minimum Gasteiger partial charge on any atom is -0.357 e. The van der Waals surface area contributed by atoms with E-state index in [1.807, 2.05) is 97.1 Å². The Morgan fingerprint density at radius 1 is 0.557 bits per heavy atom. The standard InChI is InChI=1S/C22H15N5.C22H14N5.CHO.3ClH.Pd.Pt/c2*1-2-8-16-14-18-17(13-15(16)7-1)21(25-19-9-3-5-11-23-19)27-22(18)26-20-10-4-6-12-24-20;1-2;;;;;/h1-14H,(H,23,24,25,26,27);1-14H;1H;3*1H;;/q;2*-1;;;;2*+2/p-3/i;;1D;;;;;. The molecule has 11 nitrogen and oxygen atoms in total. The van der Waals surface area contributed by atoms with Crippen molar-refractivity contribution in [1.29, 1.82) is 0 Å². The van der Waals surface area contributed by atoms with Crippen LogP contribution in [0.4, 0.5) is 23.3 Å². The number of rotatable bonds is 4. The molecule has 308 valence electrons. The van der Waals surface area contributed by atoms with Crippen molar-refractivity contribution >= 4 is 103 Å². The van der Waals surface area contributed by atoms with Gasteiger partial charge in [-0.2, -0.15) is 1.37 Å². The minimum absolute atomic E-state index is 0.106. The number of aliphatic imine (C=N–C) groups is 4. The summed E-state index contributed by atoms with van der Waals surface area (Å²) in [4.78, 5) is 44.2. The van der Waals surface area contributed by atoms with Crippen LogP contribution in [0.25, 0.3) is 26.9 Å². The number of hydrogen-bond donors (Lipinski definition) is 1. The third kappa shape index (κ3) is 11.7. The summed E-state index contributed by atoms with van der Waals surface area (Å²) in [5.41, 5.74) is 3.90. The molecule has 6 heterocycles. The first-order valence-electron chi connectivity index (χ1n) is 18.3. The third-order valence-electron chi connectivity index (χ3n) is 8.70. The second-order valence-electron chi connectivity index (χ2n) is 12.3. The predicted octanol–water partition coefficient (Wildman–Crippen LogP) is 11.5. The number of hydrogen-bond acceptors (Lipinski definition) is 9. The van der Waals surface area contributed by atoms with Gasteiger partial charge in [-0.25, -0.2) is 20.0 Å². The van der Waals surface area contributed by atoms with Crippen molar-refractivity contribution in [2.75, 3.05) is 5.32 Å². The second-order valence-corrected chi connectivity index (χ2v) is 14.7. The van der Waals surface area contributed by atoms with Crippen LogP contribution in [-0.4, -0.2) is 50.0 Å². The molecule has 0 bridgehead atoms. The molecule has 4 aromatic carbocycles. The molecule has 2 aliphatic rings. The van der Waals surface area contributed by atoms with Gasteiger partial charge < -0.3 is 25.4 Å². The summed E-state index contributed by atoms with van der Waals surface area (Å²) in [6.45, 7) is 0.750. The van der Waals surface area contributed by atoms with Gasteiger partial charge in [0, 0.05) is 47.6 Å². The summed E-state index contributed by atoms with van der Waals surface area (Å²) in [5, 5.41) is 12.6. The molecule has 2 aliphatic heterocycles. The first-order chi connectivity index (χ1) is 30.6. The van der Waals surface area contributed by atoms with Crippen LogP contribution >= 0.6 is 28.5 Å². The largest absolute Gasteiger partial charge is 0.357 e.